The van der Waals surface area contributed by atoms with Crippen LogP contribution in [0.2, 0.25) is 0 Å². The first-order chi connectivity index (χ1) is 8.26. The van der Waals surface area contributed by atoms with E-state index in [1.54, 1.807) is 17.5 Å². The summed E-state index contributed by atoms with van der Waals surface area (Å²) < 4.78 is 0.945. The van der Waals surface area contributed by atoms with E-state index in [-0.39, 0.29) is 6.04 Å². The Morgan fingerprint density at radius 1 is 1.47 bits per heavy atom. The van der Waals surface area contributed by atoms with Crippen molar-refractivity contribution in [2.24, 2.45) is 0 Å². The summed E-state index contributed by atoms with van der Waals surface area (Å²) in [5, 5.41) is 13.5. The van der Waals surface area contributed by atoms with Crippen LogP contribution in [0.5, 0.6) is 0 Å². The lowest BCUT2D eigenvalue weighted by Crippen LogP contribution is -2.14. The van der Waals surface area contributed by atoms with Gasteiger partial charge in [-0.05, 0) is 41.5 Å². The van der Waals surface area contributed by atoms with Crippen LogP contribution in [0.1, 0.15) is 24.4 Å². The molecule has 4 nitrogen and oxygen atoms in total. The van der Waals surface area contributed by atoms with Crippen LogP contribution in [0.3, 0.4) is 0 Å². The van der Waals surface area contributed by atoms with Gasteiger partial charge in [0.25, 0.3) is 0 Å². The highest BCUT2D eigenvalue weighted by Gasteiger charge is 2.15. The Morgan fingerprint density at radius 3 is 2.94 bits per heavy atom. The van der Waals surface area contributed by atoms with Crippen LogP contribution in [-0.2, 0) is 0 Å². The zero-order valence-corrected chi connectivity index (χ0v) is 12.0. The van der Waals surface area contributed by atoms with Crippen molar-refractivity contribution in [2.75, 3.05) is 7.05 Å². The minimum absolute atomic E-state index is 0.267. The smallest absolute Gasteiger partial charge is 0.167 e. The van der Waals surface area contributed by atoms with Crippen molar-refractivity contribution in [3.8, 4) is 10.7 Å². The summed E-state index contributed by atoms with van der Waals surface area (Å²) in [5.74, 6) is 0. The lowest BCUT2D eigenvalue weighted by molar-refractivity contribution is 0.568. The summed E-state index contributed by atoms with van der Waals surface area (Å²) >= 11 is 5.05. The highest BCUT2D eigenvalue weighted by molar-refractivity contribution is 9.10. The molecule has 1 N–H and O–H groups in total. The van der Waals surface area contributed by atoms with Crippen molar-refractivity contribution >= 4 is 27.3 Å². The fraction of sp³-hybridized carbons (Fsp3) is 0.364. The number of aromatic nitrogens is 3. The molecule has 0 saturated carbocycles. The number of nitrogens with one attached hydrogen (secondary N) is 1. The van der Waals surface area contributed by atoms with E-state index in [9.17, 15) is 0 Å². The summed E-state index contributed by atoms with van der Waals surface area (Å²) in [6.45, 7) is 2.12. The molecule has 6 heteroatoms. The Morgan fingerprint density at radius 2 is 2.29 bits per heavy atom. The normalized spacial score (nSPS) is 12.6. The van der Waals surface area contributed by atoms with Gasteiger partial charge in [0.1, 0.15) is 10.7 Å². The predicted octanol–water partition coefficient (Wildman–Crippen LogP) is 3.03. The molecule has 0 aromatic carbocycles. The molecule has 2 rings (SSSR count). The largest absolute Gasteiger partial charge is 0.311 e. The first-order valence-corrected chi connectivity index (χ1v) is 6.98. The molecule has 0 radical (unpaired) electrons. The second-order valence-corrected chi connectivity index (χ2v) is 5.39. The van der Waals surface area contributed by atoms with Gasteiger partial charge < -0.3 is 5.32 Å². The zero-order chi connectivity index (χ0) is 12.3. The lowest BCUT2D eigenvalue weighted by atomic mass is 10.2. The van der Waals surface area contributed by atoms with Gasteiger partial charge in [0, 0.05) is 10.7 Å². The lowest BCUT2D eigenvalue weighted by Gasteiger charge is -2.07. The maximum absolute atomic E-state index is 4.31. The SMILES string of the molecule is CCC(NC)c1nnc(-c2ncccc2Br)s1. The average Bonchev–Trinajstić information content (AvgIpc) is 2.81. The summed E-state index contributed by atoms with van der Waals surface area (Å²) in [4.78, 5) is 4.31. The molecule has 17 heavy (non-hydrogen) atoms. The van der Waals surface area contributed by atoms with Crippen molar-refractivity contribution < 1.29 is 0 Å². The van der Waals surface area contributed by atoms with E-state index in [1.165, 1.54) is 0 Å². The van der Waals surface area contributed by atoms with E-state index in [1.807, 2.05) is 19.2 Å². The number of halogens is 1. The fourth-order valence-electron chi connectivity index (χ4n) is 1.52. The van der Waals surface area contributed by atoms with Crippen LogP contribution in [-0.4, -0.2) is 22.2 Å². The minimum Gasteiger partial charge on any atom is -0.311 e. The third-order valence-corrected chi connectivity index (χ3v) is 4.14. The van der Waals surface area contributed by atoms with Crippen LogP contribution < -0.4 is 5.32 Å². The van der Waals surface area contributed by atoms with Gasteiger partial charge in [-0.15, -0.1) is 10.2 Å². The third kappa shape index (κ3) is 2.70. The number of rotatable bonds is 4. The fourth-order valence-corrected chi connectivity index (χ4v) is 3.14. The Kier molecular flexibility index (Phi) is 4.20. The monoisotopic (exact) mass is 312 g/mol. The van der Waals surface area contributed by atoms with Gasteiger partial charge in [0.2, 0.25) is 0 Å². The molecule has 0 fully saturated rings. The van der Waals surface area contributed by atoms with E-state index in [4.69, 9.17) is 0 Å². The van der Waals surface area contributed by atoms with Crippen LogP contribution in [0.4, 0.5) is 0 Å². The molecule has 2 aromatic heterocycles. The predicted molar refractivity (Wildman–Crippen MR) is 72.9 cm³/mol. The molecular weight excluding hydrogens is 300 g/mol. The molecule has 2 aromatic rings. The van der Waals surface area contributed by atoms with E-state index >= 15 is 0 Å². The second-order valence-electron chi connectivity index (χ2n) is 3.53. The third-order valence-electron chi connectivity index (χ3n) is 2.46. The first-order valence-electron chi connectivity index (χ1n) is 5.37. The molecule has 0 saturated heterocycles. The van der Waals surface area contributed by atoms with Gasteiger partial charge in [-0.25, -0.2) is 0 Å². The Bertz CT molecular complexity index is 496. The van der Waals surface area contributed by atoms with E-state index in [0.717, 1.165) is 26.6 Å². The molecule has 0 aliphatic carbocycles. The maximum Gasteiger partial charge on any atom is 0.167 e. The summed E-state index contributed by atoms with van der Waals surface area (Å²) in [6.07, 6.45) is 2.76. The minimum atomic E-state index is 0.267. The van der Waals surface area contributed by atoms with E-state index in [2.05, 4.69) is 43.4 Å². The molecule has 0 aliphatic rings. The van der Waals surface area contributed by atoms with Gasteiger partial charge in [0.15, 0.2) is 5.01 Å². The maximum atomic E-state index is 4.31. The van der Waals surface area contributed by atoms with Gasteiger partial charge in [-0.2, -0.15) is 0 Å². The molecule has 2 heterocycles. The number of nitrogens with zero attached hydrogens (tertiary/aromatic N) is 3. The molecule has 90 valence electrons. The van der Waals surface area contributed by atoms with Crippen LogP contribution >= 0.6 is 27.3 Å². The molecule has 0 amide bonds. The van der Waals surface area contributed by atoms with Crippen LogP contribution in [0, 0.1) is 0 Å². The highest BCUT2D eigenvalue weighted by Crippen LogP contribution is 2.30. The van der Waals surface area contributed by atoms with Crippen molar-refractivity contribution in [3.05, 3.63) is 27.8 Å². The molecular formula is C11H13BrN4S. The standard InChI is InChI=1S/C11H13BrN4S/c1-3-8(13-2)10-15-16-11(17-10)9-7(12)5-4-6-14-9/h4-6,8,13H,3H2,1-2H3. The summed E-state index contributed by atoms with van der Waals surface area (Å²) in [5.41, 5.74) is 0.849. The Labute approximate surface area is 113 Å². The van der Waals surface area contributed by atoms with Crippen molar-refractivity contribution in [3.63, 3.8) is 0 Å². The van der Waals surface area contributed by atoms with Crippen molar-refractivity contribution in [1.82, 2.24) is 20.5 Å². The number of pyridine rings is 1. The first kappa shape index (κ1) is 12.6. The molecule has 1 atom stereocenters. The molecule has 0 aliphatic heterocycles. The van der Waals surface area contributed by atoms with Gasteiger partial charge in [-0.3, -0.25) is 4.98 Å². The van der Waals surface area contributed by atoms with Gasteiger partial charge in [0.05, 0.1) is 6.04 Å². The average molecular weight is 313 g/mol. The summed E-state index contributed by atoms with van der Waals surface area (Å²) in [7, 11) is 1.94. The number of hydrogen-bond donors (Lipinski definition) is 1. The highest BCUT2D eigenvalue weighted by atomic mass is 79.9. The van der Waals surface area contributed by atoms with E-state index in [0.29, 0.717) is 0 Å². The van der Waals surface area contributed by atoms with Crippen molar-refractivity contribution in [2.45, 2.75) is 19.4 Å². The second kappa shape index (κ2) is 5.66. The quantitative estimate of drug-likeness (QED) is 0.942. The number of hydrogen-bond acceptors (Lipinski definition) is 5. The van der Waals surface area contributed by atoms with Crippen LogP contribution in [0.15, 0.2) is 22.8 Å². The van der Waals surface area contributed by atoms with Crippen molar-refractivity contribution in [1.29, 1.82) is 0 Å². The molecule has 0 spiro atoms. The zero-order valence-electron chi connectivity index (χ0n) is 9.64. The Balaban J connectivity index is 2.33. The van der Waals surface area contributed by atoms with Crippen LogP contribution in [0.25, 0.3) is 10.7 Å². The molecule has 1 unspecified atom stereocenters. The summed E-state index contributed by atoms with van der Waals surface area (Å²) in [6, 6.07) is 4.11. The van der Waals surface area contributed by atoms with E-state index < -0.39 is 0 Å². The Hall–Kier alpha value is -0.850. The topological polar surface area (TPSA) is 50.7 Å². The molecule has 0 bridgehead atoms. The van der Waals surface area contributed by atoms with Gasteiger partial charge in [-0.1, -0.05) is 18.3 Å². The van der Waals surface area contributed by atoms with Gasteiger partial charge >= 0.3 is 0 Å².